The maximum atomic E-state index is 13.9. The topological polar surface area (TPSA) is 46.6 Å². The van der Waals surface area contributed by atoms with Gasteiger partial charge in [-0.05, 0) is 58.1 Å². The van der Waals surface area contributed by atoms with Crippen molar-refractivity contribution < 1.29 is 14.3 Å². The van der Waals surface area contributed by atoms with Crippen LogP contribution in [0.3, 0.4) is 0 Å². The molecule has 0 N–H and O–H groups in total. The van der Waals surface area contributed by atoms with Gasteiger partial charge in [-0.1, -0.05) is 74.1 Å². The lowest BCUT2D eigenvalue weighted by Crippen LogP contribution is -2.57. The van der Waals surface area contributed by atoms with Crippen LogP contribution in [0, 0.1) is 12.8 Å². The van der Waals surface area contributed by atoms with Crippen molar-refractivity contribution in [2.24, 2.45) is 5.92 Å². The molecule has 0 aliphatic carbocycles. The fourth-order valence-corrected chi connectivity index (χ4v) is 7.07. The molecule has 1 aromatic rings. The lowest BCUT2D eigenvalue weighted by Gasteiger charge is -2.46. The molecule has 0 radical (unpaired) electrons. The Kier molecular flexibility index (Phi) is 8.51. The number of esters is 1. The summed E-state index contributed by atoms with van der Waals surface area (Å²) in [5, 5.41) is 1.84. The molecule has 1 amide bonds. The van der Waals surface area contributed by atoms with Gasteiger partial charge in [0.1, 0.15) is 4.91 Å². The molecule has 2 aliphatic heterocycles. The van der Waals surface area contributed by atoms with Crippen LogP contribution < -0.4 is 4.90 Å². The van der Waals surface area contributed by atoms with Crippen LogP contribution in [0.5, 0.6) is 0 Å². The number of nitrogens with zero attached hydrogens (tertiary/aromatic N) is 1. The highest BCUT2D eigenvalue weighted by atomic mass is 32.2. The van der Waals surface area contributed by atoms with Crippen molar-refractivity contribution in [2.75, 3.05) is 11.5 Å². The molecule has 2 heterocycles. The molecule has 0 atom stereocenters. The van der Waals surface area contributed by atoms with Crippen molar-refractivity contribution in [3.05, 3.63) is 43.9 Å². The summed E-state index contributed by atoms with van der Waals surface area (Å²) in [5.41, 5.74) is 3.25. The van der Waals surface area contributed by atoms with Crippen molar-refractivity contribution in [1.29, 1.82) is 0 Å². The monoisotopic (exact) mass is 503 g/mol. The molecule has 33 heavy (non-hydrogen) atoms. The number of ether oxygens (including phenoxy) is 1. The maximum Gasteiger partial charge on any atom is 0.345 e. The van der Waals surface area contributed by atoms with Crippen LogP contribution in [0.4, 0.5) is 5.69 Å². The molecule has 1 aromatic carbocycles. The average Bonchev–Trinajstić information content (AvgIpc) is 3.24. The van der Waals surface area contributed by atoms with Gasteiger partial charge in [0.2, 0.25) is 5.91 Å². The van der Waals surface area contributed by atoms with E-state index in [0.29, 0.717) is 11.5 Å². The Morgan fingerprint density at radius 3 is 2.42 bits per heavy atom. The first-order valence-corrected chi connectivity index (χ1v) is 13.7. The highest BCUT2D eigenvalue weighted by molar-refractivity contribution is 8.28. The molecule has 3 rings (SSSR count). The van der Waals surface area contributed by atoms with Gasteiger partial charge in [-0.15, -0.1) is 0 Å². The summed E-state index contributed by atoms with van der Waals surface area (Å²) in [6.45, 7) is 12.5. The molecule has 0 unspecified atom stereocenters. The van der Waals surface area contributed by atoms with E-state index in [-0.39, 0.29) is 17.8 Å². The van der Waals surface area contributed by atoms with Crippen molar-refractivity contribution in [3.8, 4) is 0 Å². The molecule has 178 valence electrons. The van der Waals surface area contributed by atoms with Gasteiger partial charge in [0.05, 0.1) is 26.9 Å². The number of hydrogen-bond acceptors (Lipinski definition) is 6. The summed E-state index contributed by atoms with van der Waals surface area (Å²) >= 11 is 8.98. The first kappa shape index (κ1) is 26.0. The predicted molar refractivity (Wildman–Crippen MR) is 145 cm³/mol. The molecule has 0 bridgehead atoms. The SMILES string of the molecule is CCCC(CCC)C(=O)N1c2ccc(C)cc2C(=C2SC=C(C(=O)OCC)S2)C(=S)C1(C)C. The van der Waals surface area contributed by atoms with Gasteiger partial charge < -0.3 is 9.64 Å². The minimum absolute atomic E-state index is 0.0160. The minimum atomic E-state index is -0.662. The van der Waals surface area contributed by atoms with Gasteiger partial charge in [-0.2, -0.15) is 0 Å². The van der Waals surface area contributed by atoms with Crippen molar-refractivity contribution in [2.45, 2.75) is 72.8 Å². The van der Waals surface area contributed by atoms with Crippen LogP contribution in [0.15, 0.2) is 32.7 Å². The number of anilines is 1. The summed E-state index contributed by atoms with van der Waals surface area (Å²) in [6.07, 6.45) is 3.70. The Hall–Kier alpha value is -1.57. The van der Waals surface area contributed by atoms with E-state index in [0.717, 1.165) is 57.2 Å². The normalized spacial score (nSPS) is 19.5. The predicted octanol–water partition coefficient (Wildman–Crippen LogP) is 7.26. The van der Waals surface area contributed by atoms with E-state index in [1.54, 1.807) is 6.92 Å². The number of thioether (sulfide) groups is 2. The van der Waals surface area contributed by atoms with Crippen LogP contribution in [0.1, 0.15) is 71.4 Å². The number of thiocarbonyl (C=S) groups is 1. The Morgan fingerprint density at radius 2 is 1.82 bits per heavy atom. The van der Waals surface area contributed by atoms with E-state index in [4.69, 9.17) is 17.0 Å². The van der Waals surface area contributed by atoms with Crippen molar-refractivity contribution in [1.82, 2.24) is 0 Å². The van der Waals surface area contributed by atoms with E-state index in [1.165, 1.54) is 23.5 Å². The summed E-state index contributed by atoms with van der Waals surface area (Å²) < 4.78 is 6.16. The van der Waals surface area contributed by atoms with E-state index in [2.05, 4.69) is 26.0 Å². The Labute approximate surface area is 211 Å². The zero-order chi connectivity index (χ0) is 24.3. The first-order valence-electron chi connectivity index (χ1n) is 11.6. The molecule has 0 saturated heterocycles. The van der Waals surface area contributed by atoms with Crippen molar-refractivity contribution >= 4 is 63.7 Å². The van der Waals surface area contributed by atoms with Crippen LogP contribution in [0.2, 0.25) is 0 Å². The maximum absolute atomic E-state index is 13.9. The quantitative estimate of drug-likeness (QED) is 0.222. The lowest BCUT2D eigenvalue weighted by atomic mass is 9.81. The largest absolute Gasteiger partial charge is 0.462 e. The third kappa shape index (κ3) is 5.10. The minimum Gasteiger partial charge on any atom is -0.462 e. The summed E-state index contributed by atoms with van der Waals surface area (Å²) in [7, 11) is 0. The van der Waals surface area contributed by atoms with Crippen LogP contribution in [0.25, 0.3) is 5.57 Å². The molecule has 4 nitrogen and oxygen atoms in total. The summed E-state index contributed by atoms with van der Waals surface area (Å²) in [6, 6.07) is 6.21. The fraction of sp³-hybridized carbons (Fsp3) is 0.500. The number of carbonyl (C=O) groups is 2. The molecule has 2 aliphatic rings. The van der Waals surface area contributed by atoms with E-state index < -0.39 is 5.54 Å². The number of hydrogen-bond donors (Lipinski definition) is 0. The molecule has 0 fully saturated rings. The number of fused-ring (bicyclic) bond motifs is 1. The fourth-order valence-electron chi connectivity index (χ4n) is 4.40. The first-order chi connectivity index (χ1) is 15.7. The average molecular weight is 504 g/mol. The molecule has 7 heteroatoms. The molecule has 0 saturated carbocycles. The Morgan fingerprint density at radius 1 is 1.15 bits per heavy atom. The van der Waals surface area contributed by atoms with Gasteiger partial charge in [-0.3, -0.25) is 4.79 Å². The second-order valence-corrected chi connectivity index (χ2v) is 11.5. The van der Waals surface area contributed by atoms with E-state index in [1.807, 2.05) is 37.1 Å². The zero-order valence-corrected chi connectivity index (χ0v) is 22.8. The molecular formula is C26H33NO3S3. The van der Waals surface area contributed by atoms with Crippen molar-refractivity contribution in [3.63, 3.8) is 0 Å². The third-order valence-corrected chi connectivity index (χ3v) is 9.06. The number of benzene rings is 1. The molecule has 0 spiro atoms. The number of rotatable bonds is 7. The van der Waals surface area contributed by atoms with Gasteiger partial charge in [0.25, 0.3) is 0 Å². The number of aryl methyl sites for hydroxylation is 1. The zero-order valence-electron chi connectivity index (χ0n) is 20.3. The van der Waals surface area contributed by atoms with Gasteiger partial charge >= 0.3 is 5.97 Å². The second-order valence-electron chi connectivity index (χ2n) is 8.94. The molecular weight excluding hydrogens is 470 g/mol. The van der Waals surface area contributed by atoms with Crippen LogP contribution >= 0.6 is 35.7 Å². The Bertz CT molecular complexity index is 1020. The van der Waals surface area contributed by atoms with Gasteiger partial charge in [0, 0.05) is 17.1 Å². The van der Waals surface area contributed by atoms with Gasteiger partial charge in [-0.25, -0.2) is 4.79 Å². The van der Waals surface area contributed by atoms with Gasteiger partial charge in [0.15, 0.2) is 0 Å². The van der Waals surface area contributed by atoms with E-state index >= 15 is 0 Å². The summed E-state index contributed by atoms with van der Waals surface area (Å²) in [5.74, 6) is -0.176. The molecule has 0 aromatic heterocycles. The number of carbonyl (C=O) groups excluding carboxylic acids is 2. The summed E-state index contributed by atoms with van der Waals surface area (Å²) in [4.78, 5) is 29.4. The third-order valence-electron chi connectivity index (χ3n) is 6.00. The standard InChI is InChI=1S/C26H33NO3S3/c1-7-10-17(11-8-2)23(28)27-19-13-12-16(4)14-18(19)21(22(31)26(27,5)6)25-32-15-20(33-25)24(29)30-9-3/h12-15,17H,7-11H2,1-6H3. The highest BCUT2D eigenvalue weighted by Gasteiger charge is 2.46. The smallest absolute Gasteiger partial charge is 0.345 e. The Balaban J connectivity index is 2.12. The van der Waals surface area contributed by atoms with Crippen LogP contribution in [-0.4, -0.2) is 28.9 Å². The highest BCUT2D eigenvalue weighted by Crippen LogP contribution is 2.53. The lowest BCUT2D eigenvalue weighted by molar-refractivity contribution is -0.137. The number of amides is 1. The van der Waals surface area contributed by atoms with Crippen LogP contribution in [-0.2, 0) is 14.3 Å². The second kappa shape index (κ2) is 10.8. The van der Waals surface area contributed by atoms with E-state index in [9.17, 15) is 9.59 Å².